The first-order valence-corrected chi connectivity index (χ1v) is 8.62. The summed E-state index contributed by atoms with van der Waals surface area (Å²) in [6, 6.07) is 8.36. The van der Waals surface area contributed by atoms with E-state index in [4.69, 9.17) is 11.8 Å². The number of fused-ring (bicyclic) bond motifs is 1. The number of nitrogens with one attached hydrogen (secondary N) is 1. The number of para-hydroxylation sites is 1. The predicted octanol–water partition coefficient (Wildman–Crippen LogP) is 3.19. The van der Waals surface area contributed by atoms with Gasteiger partial charge in [-0.1, -0.05) is 35.3 Å². The molecule has 1 aromatic carbocycles. The first-order chi connectivity index (χ1) is 5.67. The molecule has 1 atom stereocenters. The van der Waals surface area contributed by atoms with Gasteiger partial charge in [-0.3, -0.25) is 0 Å². The Bertz CT molecular complexity index is 351. The van der Waals surface area contributed by atoms with Gasteiger partial charge < -0.3 is 5.32 Å². The smallest absolute Gasteiger partial charge is 0.0528 e. The Labute approximate surface area is 81.7 Å². The van der Waals surface area contributed by atoms with Crippen molar-refractivity contribution >= 4 is 34.1 Å². The van der Waals surface area contributed by atoms with Crippen LogP contribution in [-0.2, 0) is 11.8 Å². The summed E-state index contributed by atoms with van der Waals surface area (Å²) in [5.74, 6) is 0. The van der Waals surface area contributed by atoms with E-state index in [1.54, 1.807) is 0 Å². The van der Waals surface area contributed by atoms with Gasteiger partial charge in [0, 0.05) is 15.8 Å². The van der Waals surface area contributed by atoms with E-state index in [1.165, 1.54) is 10.6 Å². The number of hydrogen-bond donors (Lipinski definition) is 1. The fourth-order valence-corrected chi connectivity index (χ4v) is 5.51. The molecular formula is C8H10NPS2. The molecule has 0 bridgehead atoms. The highest BCUT2D eigenvalue weighted by Crippen LogP contribution is 2.62. The summed E-state index contributed by atoms with van der Waals surface area (Å²) in [5.41, 5.74) is 1.24. The Hall–Kier alpha value is 0.0200. The first kappa shape index (κ1) is 8.61. The zero-order valence-corrected chi connectivity index (χ0v) is 9.31. The molecule has 0 saturated carbocycles. The minimum Gasteiger partial charge on any atom is -0.379 e. The van der Waals surface area contributed by atoms with Crippen LogP contribution in [-0.4, -0.2) is 13.0 Å². The van der Waals surface area contributed by atoms with Crippen molar-refractivity contribution in [2.45, 2.75) is 4.90 Å². The lowest BCUT2D eigenvalue weighted by Gasteiger charge is -2.25. The summed E-state index contributed by atoms with van der Waals surface area (Å²) in [7, 11) is 0. The molecule has 1 aliphatic rings. The predicted molar refractivity (Wildman–Crippen MR) is 61.0 cm³/mol. The molecule has 4 heteroatoms. The zero-order valence-electron chi connectivity index (χ0n) is 6.78. The van der Waals surface area contributed by atoms with E-state index >= 15 is 0 Å². The molecule has 64 valence electrons. The van der Waals surface area contributed by atoms with Crippen molar-refractivity contribution < 1.29 is 0 Å². The van der Waals surface area contributed by atoms with E-state index in [0.29, 0.717) is 0 Å². The molecule has 0 saturated heterocycles. The lowest BCUT2D eigenvalue weighted by Crippen LogP contribution is -2.05. The molecule has 2 rings (SSSR count). The van der Waals surface area contributed by atoms with Gasteiger partial charge in [-0.05, 0) is 18.8 Å². The normalized spacial score (nSPS) is 27.4. The average Bonchev–Trinajstić information content (AvgIpc) is 2.02. The van der Waals surface area contributed by atoms with Crippen LogP contribution in [0.3, 0.4) is 0 Å². The maximum absolute atomic E-state index is 5.48. The highest BCUT2D eigenvalue weighted by molar-refractivity contribution is 8.70. The molecule has 12 heavy (non-hydrogen) atoms. The van der Waals surface area contributed by atoms with Crippen LogP contribution in [0.5, 0.6) is 0 Å². The Morgan fingerprint density at radius 2 is 2.25 bits per heavy atom. The monoisotopic (exact) mass is 215 g/mol. The van der Waals surface area contributed by atoms with Crippen molar-refractivity contribution in [1.29, 1.82) is 0 Å². The number of hydrogen-bond acceptors (Lipinski definition) is 3. The summed E-state index contributed by atoms with van der Waals surface area (Å²) >= 11 is 7.36. The van der Waals surface area contributed by atoms with Crippen LogP contribution in [0.25, 0.3) is 0 Å². The summed E-state index contributed by atoms with van der Waals surface area (Å²) < 4.78 is 0. The molecule has 0 amide bonds. The van der Waals surface area contributed by atoms with Gasteiger partial charge in [-0.15, -0.1) is 0 Å². The van der Waals surface area contributed by atoms with Gasteiger partial charge in [-0.25, -0.2) is 0 Å². The van der Waals surface area contributed by atoms with Crippen LogP contribution in [0.1, 0.15) is 0 Å². The lowest BCUT2D eigenvalue weighted by atomic mass is 10.3. The maximum atomic E-state index is 5.48. The van der Waals surface area contributed by atoms with Crippen molar-refractivity contribution in [3.8, 4) is 0 Å². The molecule has 0 spiro atoms. The Morgan fingerprint density at radius 1 is 1.50 bits per heavy atom. The molecule has 1 unspecified atom stereocenters. The summed E-state index contributed by atoms with van der Waals surface area (Å²) in [5, 5.41) is 2.20. The number of benzene rings is 1. The minimum absolute atomic E-state index is 0.976. The standard InChI is InChI=1S/C8H10NPS2/c1-10(11)6-9-7-4-2-3-5-8(7)12-10/h2-5,9H,6H2,1H3. The fraction of sp³-hybridized carbons (Fsp3) is 0.250. The van der Waals surface area contributed by atoms with Crippen LogP contribution < -0.4 is 5.32 Å². The van der Waals surface area contributed by atoms with Crippen molar-refractivity contribution in [2.24, 2.45) is 0 Å². The molecule has 0 aromatic heterocycles. The second-order valence-corrected chi connectivity index (χ2v) is 12.0. The maximum Gasteiger partial charge on any atom is 0.0528 e. The van der Waals surface area contributed by atoms with Crippen molar-refractivity contribution in [3.05, 3.63) is 24.3 Å². The molecular weight excluding hydrogens is 205 g/mol. The number of anilines is 1. The Morgan fingerprint density at radius 3 is 3.08 bits per heavy atom. The third-order valence-corrected chi connectivity index (χ3v) is 6.60. The lowest BCUT2D eigenvalue weighted by molar-refractivity contribution is 1.35. The highest BCUT2D eigenvalue weighted by atomic mass is 32.9. The van der Waals surface area contributed by atoms with Crippen molar-refractivity contribution in [1.82, 2.24) is 0 Å². The zero-order chi connectivity index (χ0) is 8.60. The average molecular weight is 215 g/mol. The molecule has 1 aromatic rings. The minimum atomic E-state index is -1.18. The van der Waals surface area contributed by atoms with Gasteiger partial charge in [0.05, 0.1) is 6.29 Å². The van der Waals surface area contributed by atoms with E-state index in [0.717, 1.165) is 6.29 Å². The molecule has 0 radical (unpaired) electrons. The van der Waals surface area contributed by atoms with Gasteiger partial charge in [0.2, 0.25) is 0 Å². The second-order valence-electron chi connectivity index (χ2n) is 2.94. The van der Waals surface area contributed by atoms with Gasteiger partial charge in [-0.2, -0.15) is 0 Å². The van der Waals surface area contributed by atoms with E-state index < -0.39 is 5.24 Å². The van der Waals surface area contributed by atoms with Crippen molar-refractivity contribution in [3.63, 3.8) is 0 Å². The molecule has 0 aliphatic carbocycles. The quantitative estimate of drug-likeness (QED) is 0.667. The van der Waals surface area contributed by atoms with E-state index in [9.17, 15) is 0 Å². The molecule has 1 aliphatic heterocycles. The fourth-order valence-electron chi connectivity index (χ4n) is 1.16. The van der Waals surface area contributed by atoms with Crippen LogP contribution >= 0.6 is 16.6 Å². The highest BCUT2D eigenvalue weighted by Gasteiger charge is 2.19. The second kappa shape index (κ2) is 3.06. The molecule has 1 heterocycles. The summed E-state index contributed by atoms with van der Waals surface area (Å²) in [6.45, 7) is 2.19. The van der Waals surface area contributed by atoms with Crippen LogP contribution in [0, 0.1) is 0 Å². The SMILES string of the molecule is CP1(=S)CNc2ccccc2S1. The molecule has 1 nitrogen and oxygen atoms in total. The third kappa shape index (κ3) is 1.68. The molecule has 1 N–H and O–H groups in total. The topological polar surface area (TPSA) is 12.0 Å². The summed E-state index contributed by atoms with van der Waals surface area (Å²) in [4.78, 5) is 1.31. The van der Waals surface area contributed by atoms with Gasteiger partial charge >= 0.3 is 0 Å². The molecule has 0 fully saturated rings. The van der Waals surface area contributed by atoms with Gasteiger partial charge in [0.25, 0.3) is 0 Å². The Kier molecular flexibility index (Phi) is 2.19. The Balaban J connectivity index is 2.42. The van der Waals surface area contributed by atoms with Crippen LogP contribution in [0.2, 0.25) is 0 Å². The van der Waals surface area contributed by atoms with E-state index in [1.807, 2.05) is 11.4 Å². The van der Waals surface area contributed by atoms with Gasteiger partial charge in [0.1, 0.15) is 0 Å². The largest absolute Gasteiger partial charge is 0.379 e. The van der Waals surface area contributed by atoms with Crippen LogP contribution in [0.15, 0.2) is 29.2 Å². The third-order valence-electron chi connectivity index (χ3n) is 1.74. The number of rotatable bonds is 0. The van der Waals surface area contributed by atoms with E-state index in [2.05, 4.69) is 36.2 Å². The van der Waals surface area contributed by atoms with E-state index in [-0.39, 0.29) is 0 Å². The first-order valence-electron chi connectivity index (χ1n) is 3.76. The van der Waals surface area contributed by atoms with Gasteiger partial charge in [0.15, 0.2) is 0 Å². The van der Waals surface area contributed by atoms with Crippen LogP contribution in [0.4, 0.5) is 5.69 Å². The van der Waals surface area contributed by atoms with Crippen molar-refractivity contribution in [2.75, 3.05) is 18.3 Å². The summed E-state index contributed by atoms with van der Waals surface area (Å²) in [6.07, 6.45) is 0.976.